The summed E-state index contributed by atoms with van der Waals surface area (Å²) in [5, 5.41) is 7.13. The highest BCUT2D eigenvalue weighted by Gasteiger charge is 2.10. The molecule has 0 radical (unpaired) electrons. The number of aromatic nitrogens is 3. The monoisotopic (exact) mass is 405 g/mol. The number of rotatable bonds is 7. The Kier molecular flexibility index (Phi) is 5.69. The number of thiophene rings is 1. The first-order valence-corrected chi connectivity index (χ1v) is 10.4. The van der Waals surface area contributed by atoms with Crippen molar-refractivity contribution in [2.45, 2.75) is 6.42 Å². The SMILES string of the molecule is CN(C)CCCNC(=O)c1ccc(-c2cn3c(-c4ccsc4)cnc3cn2)cc1. The van der Waals surface area contributed by atoms with Crippen molar-refractivity contribution in [2.75, 3.05) is 27.2 Å². The zero-order valence-electron chi connectivity index (χ0n) is 16.5. The number of hydrogen-bond donors (Lipinski definition) is 1. The minimum Gasteiger partial charge on any atom is -0.352 e. The lowest BCUT2D eigenvalue weighted by molar-refractivity contribution is 0.0952. The Morgan fingerprint density at radius 3 is 2.66 bits per heavy atom. The second-order valence-corrected chi connectivity index (χ2v) is 7.93. The van der Waals surface area contributed by atoms with Gasteiger partial charge in [-0.2, -0.15) is 11.3 Å². The van der Waals surface area contributed by atoms with E-state index in [4.69, 9.17) is 0 Å². The van der Waals surface area contributed by atoms with Crippen LogP contribution in [0.5, 0.6) is 0 Å². The van der Waals surface area contributed by atoms with Crippen LogP contribution in [0.15, 0.2) is 59.7 Å². The van der Waals surface area contributed by atoms with Crippen molar-refractivity contribution in [3.63, 3.8) is 0 Å². The highest BCUT2D eigenvalue weighted by Crippen LogP contribution is 2.25. The van der Waals surface area contributed by atoms with Gasteiger partial charge in [-0.1, -0.05) is 12.1 Å². The van der Waals surface area contributed by atoms with Crippen molar-refractivity contribution in [1.29, 1.82) is 0 Å². The van der Waals surface area contributed by atoms with Crippen LogP contribution in [0.1, 0.15) is 16.8 Å². The molecule has 4 rings (SSSR count). The lowest BCUT2D eigenvalue weighted by Gasteiger charge is -2.10. The van der Waals surface area contributed by atoms with Crippen molar-refractivity contribution in [3.05, 3.63) is 65.2 Å². The summed E-state index contributed by atoms with van der Waals surface area (Å²) >= 11 is 1.66. The Morgan fingerprint density at radius 1 is 1.10 bits per heavy atom. The molecule has 1 amide bonds. The molecule has 6 nitrogen and oxygen atoms in total. The fourth-order valence-electron chi connectivity index (χ4n) is 3.15. The van der Waals surface area contributed by atoms with Crippen molar-refractivity contribution in [2.24, 2.45) is 0 Å². The number of fused-ring (bicyclic) bond motifs is 1. The quantitative estimate of drug-likeness (QED) is 0.475. The highest BCUT2D eigenvalue weighted by molar-refractivity contribution is 7.08. The number of nitrogens with one attached hydrogen (secondary N) is 1. The molecule has 0 aliphatic heterocycles. The third-order valence-electron chi connectivity index (χ3n) is 4.72. The molecule has 1 N–H and O–H groups in total. The fourth-order valence-corrected chi connectivity index (χ4v) is 3.80. The van der Waals surface area contributed by atoms with E-state index in [0.717, 1.165) is 41.1 Å². The van der Waals surface area contributed by atoms with E-state index in [1.807, 2.05) is 50.8 Å². The smallest absolute Gasteiger partial charge is 0.251 e. The summed E-state index contributed by atoms with van der Waals surface area (Å²) in [6.07, 6.45) is 6.56. The van der Waals surface area contributed by atoms with Crippen molar-refractivity contribution >= 4 is 22.9 Å². The summed E-state index contributed by atoms with van der Waals surface area (Å²) in [4.78, 5) is 23.4. The first kappa shape index (κ1) is 19.3. The zero-order chi connectivity index (χ0) is 20.2. The normalized spacial score (nSPS) is 11.3. The summed E-state index contributed by atoms with van der Waals surface area (Å²) in [7, 11) is 4.05. The Hall–Kier alpha value is -3.03. The number of hydrogen-bond acceptors (Lipinski definition) is 5. The van der Waals surface area contributed by atoms with Gasteiger partial charge in [0.05, 0.1) is 23.8 Å². The second-order valence-electron chi connectivity index (χ2n) is 7.15. The van der Waals surface area contributed by atoms with E-state index in [1.165, 1.54) is 0 Å². The lowest BCUT2D eigenvalue weighted by atomic mass is 10.1. The van der Waals surface area contributed by atoms with Crippen LogP contribution in [0, 0.1) is 0 Å². The van der Waals surface area contributed by atoms with Crippen molar-refractivity contribution in [1.82, 2.24) is 24.6 Å². The molecule has 3 heterocycles. The van der Waals surface area contributed by atoms with Crippen LogP contribution < -0.4 is 5.32 Å². The summed E-state index contributed by atoms with van der Waals surface area (Å²) < 4.78 is 2.05. The Bertz CT molecular complexity index is 1100. The number of amides is 1. The maximum atomic E-state index is 12.3. The van der Waals surface area contributed by atoms with E-state index in [-0.39, 0.29) is 5.91 Å². The average molecular weight is 406 g/mol. The van der Waals surface area contributed by atoms with Crippen LogP contribution in [0.3, 0.4) is 0 Å². The maximum Gasteiger partial charge on any atom is 0.251 e. The van der Waals surface area contributed by atoms with Gasteiger partial charge in [0.25, 0.3) is 5.91 Å². The van der Waals surface area contributed by atoms with Crippen molar-refractivity contribution in [3.8, 4) is 22.5 Å². The van der Waals surface area contributed by atoms with Gasteiger partial charge in [-0.3, -0.25) is 14.2 Å². The van der Waals surface area contributed by atoms with E-state index >= 15 is 0 Å². The van der Waals surface area contributed by atoms with Gasteiger partial charge >= 0.3 is 0 Å². The van der Waals surface area contributed by atoms with Crippen LogP contribution >= 0.6 is 11.3 Å². The summed E-state index contributed by atoms with van der Waals surface area (Å²) in [5.41, 5.74) is 5.44. The van der Waals surface area contributed by atoms with Crippen LogP contribution in [0.4, 0.5) is 0 Å². The molecule has 0 spiro atoms. The van der Waals surface area contributed by atoms with Crippen LogP contribution in [0.2, 0.25) is 0 Å². The molecular weight excluding hydrogens is 382 g/mol. The fraction of sp³-hybridized carbons (Fsp3) is 0.227. The standard InChI is InChI=1S/C22H23N5OS/c1-26(2)10-3-9-23-22(28)17-6-4-16(5-7-17)19-14-27-20(18-8-11-29-15-18)12-25-21(27)13-24-19/h4-8,11-15H,3,9-10H2,1-2H3,(H,23,28). The van der Waals surface area contributed by atoms with Gasteiger partial charge in [-0.15, -0.1) is 0 Å². The predicted octanol–water partition coefficient (Wildman–Crippen LogP) is 3.81. The minimum atomic E-state index is -0.0481. The Balaban J connectivity index is 1.51. The summed E-state index contributed by atoms with van der Waals surface area (Å²) in [5.74, 6) is -0.0481. The van der Waals surface area contributed by atoms with E-state index in [1.54, 1.807) is 17.5 Å². The van der Waals surface area contributed by atoms with Crippen LogP contribution in [-0.4, -0.2) is 52.4 Å². The van der Waals surface area contributed by atoms with Gasteiger partial charge < -0.3 is 10.2 Å². The lowest BCUT2D eigenvalue weighted by Crippen LogP contribution is -2.27. The van der Waals surface area contributed by atoms with Gasteiger partial charge in [0.2, 0.25) is 0 Å². The molecule has 0 fully saturated rings. The molecule has 0 aliphatic carbocycles. The van der Waals surface area contributed by atoms with Gasteiger partial charge in [0.1, 0.15) is 0 Å². The maximum absolute atomic E-state index is 12.3. The Labute approximate surface area is 173 Å². The van der Waals surface area contributed by atoms with E-state index in [9.17, 15) is 4.79 Å². The Morgan fingerprint density at radius 2 is 1.93 bits per heavy atom. The largest absolute Gasteiger partial charge is 0.352 e. The van der Waals surface area contributed by atoms with E-state index in [2.05, 4.69) is 41.4 Å². The van der Waals surface area contributed by atoms with Gasteiger partial charge in [0, 0.05) is 34.8 Å². The molecule has 0 atom stereocenters. The third-order valence-corrected chi connectivity index (χ3v) is 5.41. The molecule has 0 aliphatic rings. The topological polar surface area (TPSA) is 62.5 Å². The number of carbonyl (C=O) groups is 1. The number of nitrogens with zero attached hydrogens (tertiary/aromatic N) is 4. The van der Waals surface area contributed by atoms with Gasteiger partial charge in [-0.25, -0.2) is 4.98 Å². The first-order chi connectivity index (χ1) is 14.1. The molecule has 3 aromatic heterocycles. The molecule has 7 heteroatoms. The molecular formula is C22H23N5OS. The molecule has 4 aromatic rings. The first-order valence-electron chi connectivity index (χ1n) is 9.51. The number of carbonyl (C=O) groups excluding carboxylic acids is 1. The van der Waals surface area contributed by atoms with Crippen LogP contribution in [-0.2, 0) is 0 Å². The van der Waals surface area contributed by atoms with E-state index in [0.29, 0.717) is 12.1 Å². The molecule has 0 saturated heterocycles. The number of benzene rings is 1. The predicted molar refractivity (Wildman–Crippen MR) is 117 cm³/mol. The molecule has 0 saturated carbocycles. The van der Waals surface area contributed by atoms with Crippen molar-refractivity contribution < 1.29 is 4.79 Å². The highest BCUT2D eigenvalue weighted by atomic mass is 32.1. The number of imidazole rings is 1. The molecule has 0 unspecified atom stereocenters. The van der Waals surface area contributed by atoms with E-state index < -0.39 is 0 Å². The third kappa shape index (κ3) is 4.36. The molecule has 29 heavy (non-hydrogen) atoms. The van der Waals surface area contributed by atoms with Crippen LogP contribution in [0.25, 0.3) is 28.2 Å². The molecule has 0 bridgehead atoms. The molecule has 1 aromatic carbocycles. The summed E-state index contributed by atoms with van der Waals surface area (Å²) in [6.45, 7) is 1.62. The second kappa shape index (κ2) is 8.55. The zero-order valence-corrected chi connectivity index (χ0v) is 17.3. The average Bonchev–Trinajstić information content (AvgIpc) is 3.40. The minimum absolute atomic E-state index is 0.0481. The summed E-state index contributed by atoms with van der Waals surface area (Å²) in [6, 6.07) is 9.64. The van der Waals surface area contributed by atoms with Gasteiger partial charge in [-0.05, 0) is 50.6 Å². The molecule has 148 valence electrons. The van der Waals surface area contributed by atoms with Gasteiger partial charge in [0.15, 0.2) is 5.65 Å².